The van der Waals surface area contributed by atoms with Gasteiger partial charge in [0, 0.05) is 24.8 Å². The van der Waals surface area contributed by atoms with Crippen molar-refractivity contribution in [2.45, 2.75) is 6.54 Å². The highest BCUT2D eigenvalue weighted by atomic mass is 16.5. The lowest BCUT2D eigenvalue weighted by Crippen LogP contribution is -2.31. The van der Waals surface area contributed by atoms with Crippen LogP contribution in [0.3, 0.4) is 0 Å². The second kappa shape index (κ2) is 7.45. The molecule has 0 aromatic heterocycles. The van der Waals surface area contributed by atoms with E-state index in [0.717, 1.165) is 17.0 Å². The van der Waals surface area contributed by atoms with Gasteiger partial charge in [0.1, 0.15) is 5.75 Å². The molecule has 0 spiro atoms. The van der Waals surface area contributed by atoms with Crippen molar-refractivity contribution in [1.29, 1.82) is 0 Å². The molecule has 2 aromatic carbocycles. The van der Waals surface area contributed by atoms with E-state index < -0.39 is 0 Å². The quantitative estimate of drug-likeness (QED) is 0.886. The molecule has 2 rings (SSSR count). The van der Waals surface area contributed by atoms with Gasteiger partial charge in [0.25, 0.3) is 5.91 Å². The summed E-state index contributed by atoms with van der Waals surface area (Å²) in [7, 11) is 3.63. The lowest BCUT2D eigenvalue weighted by atomic mass is 10.2. The molecule has 0 fully saturated rings. The van der Waals surface area contributed by atoms with Crippen molar-refractivity contribution in [2.75, 3.05) is 25.6 Å². The average Bonchev–Trinajstić information content (AvgIpc) is 2.54. The van der Waals surface area contributed by atoms with Crippen LogP contribution in [0.2, 0.25) is 0 Å². The fraction of sp³-hybridized carbons (Fsp3) is 0.235. The molecule has 0 aliphatic carbocycles. The van der Waals surface area contributed by atoms with Crippen LogP contribution in [0.5, 0.6) is 5.75 Å². The standard InChI is InChI=1S/C17H20N2O2/c1-18-12-14-8-6-7-11-16(14)21-13-17(20)19(2)15-9-4-3-5-10-15/h3-11,18H,12-13H2,1-2H3. The third-order valence-corrected chi connectivity index (χ3v) is 3.21. The summed E-state index contributed by atoms with van der Waals surface area (Å²) in [6, 6.07) is 17.2. The molecule has 1 N–H and O–H groups in total. The van der Waals surface area contributed by atoms with E-state index in [9.17, 15) is 4.79 Å². The Labute approximate surface area is 125 Å². The Kier molecular flexibility index (Phi) is 5.35. The summed E-state index contributed by atoms with van der Waals surface area (Å²) in [5.41, 5.74) is 1.89. The van der Waals surface area contributed by atoms with Crippen LogP contribution in [0.4, 0.5) is 5.69 Å². The van der Waals surface area contributed by atoms with Crippen molar-refractivity contribution < 1.29 is 9.53 Å². The Morgan fingerprint density at radius 2 is 1.76 bits per heavy atom. The Morgan fingerprint density at radius 3 is 2.48 bits per heavy atom. The molecule has 110 valence electrons. The molecule has 0 atom stereocenters. The number of hydrogen-bond acceptors (Lipinski definition) is 3. The number of carbonyl (C=O) groups is 1. The van der Waals surface area contributed by atoms with Crippen molar-refractivity contribution in [1.82, 2.24) is 5.32 Å². The van der Waals surface area contributed by atoms with Gasteiger partial charge >= 0.3 is 0 Å². The third kappa shape index (κ3) is 4.07. The van der Waals surface area contributed by atoms with Gasteiger partial charge in [-0.1, -0.05) is 36.4 Å². The summed E-state index contributed by atoms with van der Waals surface area (Å²) in [5, 5.41) is 3.09. The molecule has 21 heavy (non-hydrogen) atoms. The number of likely N-dealkylation sites (N-methyl/N-ethyl adjacent to an activating group) is 1. The number of carbonyl (C=O) groups excluding carboxylic acids is 1. The highest BCUT2D eigenvalue weighted by molar-refractivity contribution is 5.93. The van der Waals surface area contributed by atoms with Crippen LogP contribution in [0.25, 0.3) is 0 Å². The molecule has 0 radical (unpaired) electrons. The average molecular weight is 284 g/mol. The first kappa shape index (κ1) is 15.1. The molecule has 0 saturated carbocycles. The van der Waals surface area contributed by atoms with E-state index in [4.69, 9.17) is 4.74 Å². The molecule has 1 amide bonds. The van der Waals surface area contributed by atoms with E-state index in [1.165, 1.54) is 0 Å². The van der Waals surface area contributed by atoms with Crippen molar-refractivity contribution in [2.24, 2.45) is 0 Å². The summed E-state index contributed by atoms with van der Waals surface area (Å²) in [6.45, 7) is 0.727. The summed E-state index contributed by atoms with van der Waals surface area (Å²) >= 11 is 0. The van der Waals surface area contributed by atoms with Crippen LogP contribution >= 0.6 is 0 Å². The van der Waals surface area contributed by atoms with Crippen molar-refractivity contribution >= 4 is 11.6 Å². The number of ether oxygens (including phenoxy) is 1. The molecule has 0 aliphatic heterocycles. The van der Waals surface area contributed by atoms with Crippen molar-refractivity contribution in [3.63, 3.8) is 0 Å². The second-order valence-corrected chi connectivity index (χ2v) is 4.72. The fourth-order valence-electron chi connectivity index (χ4n) is 2.01. The predicted octanol–water partition coefficient (Wildman–Crippen LogP) is 2.45. The molecular formula is C17H20N2O2. The van der Waals surface area contributed by atoms with Gasteiger partial charge in [0.15, 0.2) is 6.61 Å². The van der Waals surface area contributed by atoms with E-state index in [1.807, 2.05) is 61.6 Å². The van der Waals surface area contributed by atoms with Gasteiger partial charge in [-0.3, -0.25) is 4.79 Å². The number of amides is 1. The number of nitrogens with zero attached hydrogens (tertiary/aromatic N) is 1. The smallest absolute Gasteiger partial charge is 0.264 e. The zero-order chi connectivity index (χ0) is 15.1. The molecule has 4 heteroatoms. The van der Waals surface area contributed by atoms with E-state index in [0.29, 0.717) is 6.54 Å². The zero-order valence-electron chi connectivity index (χ0n) is 12.4. The summed E-state index contributed by atoms with van der Waals surface area (Å²) in [4.78, 5) is 13.8. The van der Waals surface area contributed by atoms with Crippen LogP contribution in [0.1, 0.15) is 5.56 Å². The maximum Gasteiger partial charge on any atom is 0.264 e. The third-order valence-electron chi connectivity index (χ3n) is 3.21. The normalized spacial score (nSPS) is 10.2. The molecule has 2 aromatic rings. The van der Waals surface area contributed by atoms with Crippen molar-refractivity contribution in [3.05, 3.63) is 60.2 Å². The highest BCUT2D eigenvalue weighted by Gasteiger charge is 2.12. The van der Waals surface area contributed by atoms with Gasteiger partial charge in [-0.2, -0.15) is 0 Å². The summed E-state index contributed by atoms with van der Waals surface area (Å²) in [6.07, 6.45) is 0. The first-order chi connectivity index (χ1) is 10.2. The maximum atomic E-state index is 12.2. The maximum absolute atomic E-state index is 12.2. The van der Waals surface area contributed by atoms with Crippen LogP contribution in [-0.2, 0) is 11.3 Å². The van der Waals surface area contributed by atoms with Gasteiger partial charge in [0.2, 0.25) is 0 Å². The Hall–Kier alpha value is -2.33. The van der Waals surface area contributed by atoms with Crippen LogP contribution < -0.4 is 15.0 Å². The van der Waals surface area contributed by atoms with Crippen LogP contribution in [0.15, 0.2) is 54.6 Å². The van der Waals surface area contributed by atoms with Crippen LogP contribution in [0, 0.1) is 0 Å². The predicted molar refractivity (Wildman–Crippen MR) is 84.6 cm³/mol. The fourth-order valence-corrected chi connectivity index (χ4v) is 2.01. The largest absolute Gasteiger partial charge is 0.483 e. The summed E-state index contributed by atoms with van der Waals surface area (Å²) in [5.74, 6) is 0.655. The van der Waals surface area contributed by atoms with Crippen molar-refractivity contribution in [3.8, 4) is 5.75 Å². The molecule has 0 unspecified atom stereocenters. The lowest BCUT2D eigenvalue weighted by molar-refractivity contribution is -0.120. The molecule has 4 nitrogen and oxygen atoms in total. The number of benzene rings is 2. The summed E-state index contributed by atoms with van der Waals surface area (Å²) < 4.78 is 5.66. The number of hydrogen-bond donors (Lipinski definition) is 1. The molecule has 0 saturated heterocycles. The van der Waals surface area contributed by atoms with E-state index in [2.05, 4.69) is 5.32 Å². The minimum Gasteiger partial charge on any atom is -0.483 e. The van der Waals surface area contributed by atoms with Gasteiger partial charge in [-0.25, -0.2) is 0 Å². The number of anilines is 1. The topological polar surface area (TPSA) is 41.6 Å². The molecular weight excluding hydrogens is 264 g/mol. The van der Waals surface area contributed by atoms with Crippen LogP contribution in [-0.4, -0.2) is 26.6 Å². The SMILES string of the molecule is CNCc1ccccc1OCC(=O)N(C)c1ccccc1. The first-order valence-electron chi connectivity index (χ1n) is 6.89. The van der Waals surface area contributed by atoms with Gasteiger partial charge in [0.05, 0.1) is 0 Å². The second-order valence-electron chi connectivity index (χ2n) is 4.72. The monoisotopic (exact) mass is 284 g/mol. The number of rotatable bonds is 6. The van der Waals surface area contributed by atoms with Gasteiger partial charge in [-0.15, -0.1) is 0 Å². The molecule has 0 heterocycles. The Bertz CT molecular complexity index is 584. The Balaban J connectivity index is 1.98. The minimum absolute atomic E-state index is 0.0200. The van der Waals surface area contributed by atoms with E-state index in [-0.39, 0.29) is 12.5 Å². The zero-order valence-corrected chi connectivity index (χ0v) is 12.4. The number of nitrogens with one attached hydrogen (secondary N) is 1. The van der Waals surface area contributed by atoms with E-state index in [1.54, 1.807) is 11.9 Å². The molecule has 0 bridgehead atoms. The Morgan fingerprint density at radius 1 is 1.10 bits per heavy atom. The minimum atomic E-state index is -0.0829. The molecule has 0 aliphatic rings. The lowest BCUT2D eigenvalue weighted by Gasteiger charge is -2.18. The van der Waals surface area contributed by atoms with Gasteiger partial charge < -0.3 is 15.0 Å². The van der Waals surface area contributed by atoms with E-state index >= 15 is 0 Å². The first-order valence-corrected chi connectivity index (χ1v) is 6.89. The highest BCUT2D eigenvalue weighted by Crippen LogP contribution is 2.18. The van der Waals surface area contributed by atoms with Gasteiger partial charge in [-0.05, 0) is 25.2 Å². The number of para-hydroxylation sites is 2.